The van der Waals surface area contributed by atoms with Gasteiger partial charge in [-0.2, -0.15) is 0 Å². The van der Waals surface area contributed by atoms with Gasteiger partial charge in [-0.3, -0.25) is 0 Å². The molecule has 2 nitrogen and oxygen atoms in total. The number of aldehydes is 1. The third kappa shape index (κ3) is 15.2. The summed E-state index contributed by atoms with van der Waals surface area (Å²) in [5.41, 5.74) is 0. The van der Waals surface area contributed by atoms with Gasteiger partial charge in [0.05, 0.1) is 13.4 Å². The van der Waals surface area contributed by atoms with E-state index in [2.05, 4.69) is 6.08 Å². The molecule has 0 saturated heterocycles. The van der Waals surface area contributed by atoms with Gasteiger partial charge in [-0.05, 0) is 25.3 Å². The first-order chi connectivity index (χ1) is 8.41. The van der Waals surface area contributed by atoms with Crippen molar-refractivity contribution >= 4 is 6.29 Å². The van der Waals surface area contributed by atoms with E-state index >= 15 is 0 Å². The second kappa shape index (κ2) is 15.2. The van der Waals surface area contributed by atoms with Crippen LogP contribution in [0, 0.1) is 0 Å². The largest absolute Gasteiger partial charge is 0.505 e. The van der Waals surface area contributed by atoms with E-state index in [4.69, 9.17) is 4.74 Å². The van der Waals surface area contributed by atoms with Gasteiger partial charge in [-0.15, -0.1) is 0 Å². The van der Waals surface area contributed by atoms with E-state index in [1.807, 2.05) is 0 Å². The molecule has 0 saturated carbocycles. The van der Waals surface area contributed by atoms with E-state index < -0.39 is 0 Å². The number of hydrogen-bond acceptors (Lipinski definition) is 2. The average Bonchev–Trinajstić information content (AvgIpc) is 2.35. The minimum atomic E-state index is 0.745. The quantitative estimate of drug-likeness (QED) is 0.266. The zero-order valence-corrected chi connectivity index (χ0v) is 11.3. The molecule has 0 aliphatic rings. The molecule has 0 aromatic rings. The van der Waals surface area contributed by atoms with Crippen LogP contribution in [0.15, 0.2) is 12.3 Å². The highest BCUT2D eigenvalue weighted by atomic mass is 16.5. The SMILES string of the molecule is COC=CCCCCCCCCCCCC=O. The molecule has 0 aromatic heterocycles. The Balaban J connectivity index is 2.93. The zero-order valence-electron chi connectivity index (χ0n) is 11.3. The fourth-order valence-corrected chi connectivity index (χ4v) is 1.89. The lowest BCUT2D eigenvalue weighted by Crippen LogP contribution is -1.82. The molecule has 0 bridgehead atoms. The van der Waals surface area contributed by atoms with Crippen molar-refractivity contribution in [3.8, 4) is 0 Å². The predicted molar refractivity (Wildman–Crippen MR) is 73.0 cm³/mol. The van der Waals surface area contributed by atoms with Crippen LogP contribution in [0.1, 0.15) is 70.6 Å². The van der Waals surface area contributed by atoms with Gasteiger partial charge >= 0.3 is 0 Å². The Labute approximate surface area is 106 Å². The number of methoxy groups -OCH3 is 1. The molecule has 0 heterocycles. The van der Waals surface area contributed by atoms with E-state index in [0.717, 1.165) is 25.5 Å². The highest BCUT2D eigenvalue weighted by Crippen LogP contribution is 2.11. The fourth-order valence-electron chi connectivity index (χ4n) is 1.89. The summed E-state index contributed by atoms with van der Waals surface area (Å²) in [4.78, 5) is 10.1. The lowest BCUT2D eigenvalue weighted by Gasteiger charge is -2.01. The Kier molecular flexibility index (Phi) is 14.5. The normalized spacial score (nSPS) is 10.9. The van der Waals surface area contributed by atoms with Gasteiger partial charge in [0.15, 0.2) is 0 Å². The van der Waals surface area contributed by atoms with Gasteiger partial charge in [-0.25, -0.2) is 0 Å². The van der Waals surface area contributed by atoms with Crippen molar-refractivity contribution in [1.29, 1.82) is 0 Å². The first-order valence-corrected chi connectivity index (χ1v) is 7.03. The maximum absolute atomic E-state index is 10.1. The van der Waals surface area contributed by atoms with Gasteiger partial charge in [-0.1, -0.05) is 44.9 Å². The molecule has 0 aliphatic heterocycles. The topological polar surface area (TPSA) is 26.3 Å². The molecule has 2 heteroatoms. The molecule has 0 radical (unpaired) electrons. The minimum absolute atomic E-state index is 0.745. The Morgan fingerprint density at radius 1 is 0.765 bits per heavy atom. The molecule has 100 valence electrons. The maximum atomic E-state index is 10.1. The summed E-state index contributed by atoms with van der Waals surface area (Å²) in [6.45, 7) is 0. The van der Waals surface area contributed by atoms with Crippen molar-refractivity contribution in [2.75, 3.05) is 7.11 Å². The number of carbonyl (C=O) groups excluding carboxylic acids is 1. The van der Waals surface area contributed by atoms with Gasteiger partial charge in [0.1, 0.15) is 6.29 Å². The summed E-state index contributed by atoms with van der Waals surface area (Å²) >= 11 is 0. The first kappa shape index (κ1) is 16.2. The van der Waals surface area contributed by atoms with Crippen molar-refractivity contribution < 1.29 is 9.53 Å². The molecule has 0 amide bonds. The Morgan fingerprint density at radius 2 is 1.24 bits per heavy atom. The van der Waals surface area contributed by atoms with Crippen LogP contribution in [0.4, 0.5) is 0 Å². The molecular formula is C15H28O2. The molecule has 0 rings (SSSR count). The lowest BCUT2D eigenvalue weighted by molar-refractivity contribution is -0.107. The molecule has 0 aliphatic carbocycles. The fraction of sp³-hybridized carbons (Fsp3) is 0.800. The van der Waals surface area contributed by atoms with Crippen LogP contribution in [0.3, 0.4) is 0 Å². The summed E-state index contributed by atoms with van der Waals surface area (Å²) in [6.07, 6.45) is 18.4. The standard InChI is InChI=1S/C15H28O2/c1-17-15-13-11-9-7-5-3-2-4-6-8-10-12-14-16/h13-15H,2-12H2,1H3. The van der Waals surface area contributed by atoms with E-state index in [-0.39, 0.29) is 0 Å². The molecular weight excluding hydrogens is 212 g/mol. The Bertz CT molecular complexity index is 176. The maximum Gasteiger partial charge on any atom is 0.119 e. The highest BCUT2D eigenvalue weighted by molar-refractivity contribution is 5.48. The summed E-state index contributed by atoms with van der Waals surface area (Å²) in [5, 5.41) is 0. The van der Waals surface area contributed by atoms with Crippen LogP contribution >= 0.6 is 0 Å². The Hall–Kier alpha value is -0.790. The van der Waals surface area contributed by atoms with Crippen LogP contribution < -0.4 is 0 Å². The van der Waals surface area contributed by atoms with E-state index in [1.54, 1.807) is 13.4 Å². The third-order valence-corrected chi connectivity index (χ3v) is 2.93. The van der Waals surface area contributed by atoms with Crippen molar-refractivity contribution in [3.05, 3.63) is 12.3 Å². The Morgan fingerprint density at radius 3 is 1.71 bits per heavy atom. The van der Waals surface area contributed by atoms with Crippen LogP contribution in [0.25, 0.3) is 0 Å². The lowest BCUT2D eigenvalue weighted by atomic mass is 10.1. The van der Waals surface area contributed by atoms with Gasteiger partial charge < -0.3 is 9.53 Å². The van der Waals surface area contributed by atoms with E-state index in [0.29, 0.717) is 0 Å². The number of hydrogen-bond donors (Lipinski definition) is 0. The van der Waals surface area contributed by atoms with E-state index in [1.165, 1.54) is 51.4 Å². The molecule has 0 spiro atoms. The molecule has 0 unspecified atom stereocenters. The zero-order chi connectivity index (χ0) is 12.6. The number of carbonyl (C=O) groups is 1. The average molecular weight is 240 g/mol. The first-order valence-electron chi connectivity index (χ1n) is 7.03. The molecule has 0 aromatic carbocycles. The van der Waals surface area contributed by atoms with Gasteiger partial charge in [0.2, 0.25) is 0 Å². The number of allylic oxidation sites excluding steroid dienone is 1. The van der Waals surface area contributed by atoms with Crippen molar-refractivity contribution in [2.24, 2.45) is 0 Å². The second-order valence-electron chi connectivity index (χ2n) is 4.53. The third-order valence-electron chi connectivity index (χ3n) is 2.93. The monoisotopic (exact) mass is 240 g/mol. The smallest absolute Gasteiger partial charge is 0.119 e. The highest BCUT2D eigenvalue weighted by Gasteiger charge is 1.92. The van der Waals surface area contributed by atoms with Gasteiger partial charge in [0, 0.05) is 6.42 Å². The second-order valence-corrected chi connectivity index (χ2v) is 4.53. The van der Waals surface area contributed by atoms with Crippen molar-refractivity contribution in [1.82, 2.24) is 0 Å². The number of rotatable bonds is 13. The summed E-state index contributed by atoms with van der Waals surface area (Å²) in [7, 11) is 1.69. The number of unbranched alkanes of at least 4 members (excludes halogenated alkanes) is 10. The molecule has 0 atom stereocenters. The summed E-state index contributed by atoms with van der Waals surface area (Å²) in [6, 6.07) is 0. The summed E-state index contributed by atoms with van der Waals surface area (Å²) < 4.78 is 4.84. The van der Waals surface area contributed by atoms with Crippen LogP contribution in [0.2, 0.25) is 0 Å². The molecule has 0 fully saturated rings. The van der Waals surface area contributed by atoms with Crippen LogP contribution in [-0.4, -0.2) is 13.4 Å². The predicted octanol–water partition coefficient (Wildman–Crippen LogP) is 4.64. The van der Waals surface area contributed by atoms with E-state index in [9.17, 15) is 4.79 Å². The number of ether oxygens (including phenoxy) is 1. The van der Waals surface area contributed by atoms with Crippen molar-refractivity contribution in [3.63, 3.8) is 0 Å². The molecule has 17 heavy (non-hydrogen) atoms. The van der Waals surface area contributed by atoms with Crippen LogP contribution in [-0.2, 0) is 9.53 Å². The van der Waals surface area contributed by atoms with Crippen molar-refractivity contribution in [2.45, 2.75) is 70.6 Å². The minimum Gasteiger partial charge on any atom is -0.505 e. The van der Waals surface area contributed by atoms with Crippen LogP contribution in [0.5, 0.6) is 0 Å². The van der Waals surface area contributed by atoms with Gasteiger partial charge in [0.25, 0.3) is 0 Å². The summed E-state index contributed by atoms with van der Waals surface area (Å²) in [5.74, 6) is 0. The molecule has 0 N–H and O–H groups in total.